The Morgan fingerprint density at radius 3 is 2.45 bits per heavy atom. The molecule has 0 aliphatic heterocycles. The maximum Gasteiger partial charge on any atom is 0.202 e. The summed E-state index contributed by atoms with van der Waals surface area (Å²) in [5, 5.41) is 8.65. The van der Waals surface area contributed by atoms with Gasteiger partial charge in [0.25, 0.3) is 0 Å². The van der Waals surface area contributed by atoms with Gasteiger partial charge in [0.1, 0.15) is 11.5 Å². The molecule has 0 amide bonds. The SMILES string of the molecule is COc1ccc(OC)c(CC(=O)C(=O)CCCCO)c1. The van der Waals surface area contributed by atoms with Crippen molar-refractivity contribution in [3.63, 3.8) is 0 Å². The summed E-state index contributed by atoms with van der Waals surface area (Å²) in [4.78, 5) is 23.5. The zero-order valence-corrected chi connectivity index (χ0v) is 11.8. The van der Waals surface area contributed by atoms with Crippen LogP contribution in [0, 0.1) is 0 Å². The Morgan fingerprint density at radius 2 is 1.85 bits per heavy atom. The zero-order valence-electron chi connectivity index (χ0n) is 11.8. The van der Waals surface area contributed by atoms with Crippen LogP contribution in [0.25, 0.3) is 0 Å². The Labute approximate surface area is 118 Å². The van der Waals surface area contributed by atoms with Crippen molar-refractivity contribution in [1.82, 2.24) is 0 Å². The van der Waals surface area contributed by atoms with E-state index in [2.05, 4.69) is 0 Å². The number of hydrogen-bond donors (Lipinski definition) is 1. The van der Waals surface area contributed by atoms with Gasteiger partial charge in [-0.3, -0.25) is 9.59 Å². The van der Waals surface area contributed by atoms with Crippen LogP contribution in [0.1, 0.15) is 24.8 Å². The molecule has 1 aromatic rings. The van der Waals surface area contributed by atoms with Crippen LogP contribution in [0.5, 0.6) is 11.5 Å². The summed E-state index contributed by atoms with van der Waals surface area (Å²) in [6, 6.07) is 5.13. The van der Waals surface area contributed by atoms with Crippen LogP contribution >= 0.6 is 0 Å². The highest BCUT2D eigenvalue weighted by molar-refractivity contribution is 6.37. The average Bonchev–Trinajstić information content (AvgIpc) is 2.47. The fourth-order valence-corrected chi connectivity index (χ4v) is 1.83. The van der Waals surface area contributed by atoms with Crippen molar-refractivity contribution < 1.29 is 24.2 Å². The molecule has 0 bridgehead atoms. The fraction of sp³-hybridized carbons (Fsp3) is 0.467. The second-order valence-electron chi connectivity index (χ2n) is 4.38. The third-order valence-electron chi connectivity index (χ3n) is 2.96. The molecule has 110 valence electrons. The van der Waals surface area contributed by atoms with Gasteiger partial charge in [-0.25, -0.2) is 0 Å². The summed E-state index contributed by atoms with van der Waals surface area (Å²) in [5.74, 6) is 0.307. The van der Waals surface area contributed by atoms with Crippen molar-refractivity contribution in [3.8, 4) is 11.5 Å². The molecule has 0 aromatic heterocycles. The molecule has 0 heterocycles. The van der Waals surface area contributed by atoms with E-state index in [0.29, 0.717) is 29.9 Å². The van der Waals surface area contributed by atoms with Gasteiger partial charge >= 0.3 is 0 Å². The molecule has 1 rings (SSSR count). The first-order valence-electron chi connectivity index (χ1n) is 6.50. The highest BCUT2D eigenvalue weighted by atomic mass is 16.5. The van der Waals surface area contributed by atoms with Crippen LogP contribution in [0.3, 0.4) is 0 Å². The second-order valence-corrected chi connectivity index (χ2v) is 4.38. The van der Waals surface area contributed by atoms with Gasteiger partial charge in [0.05, 0.1) is 14.2 Å². The smallest absolute Gasteiger partial charge is 0.202 e. The highest BCUT2D eigenvalue weighted by Crippen LogP contribution is 2.24. The number of ether oxygens (including phenoxy) is 2. The molecule has 0 unspecified atom stereocenters. The summed E-state index contributed by atoms with van der Waals surface area (Å²) < 4.78 is 10.3. The summed E-state index contributed by atoms with van der Waals surface area (Å²) in [7, 11) is 3.05. The van der Waals surface area contributed by atoms with Crippen LogP contribution in [-0.2, 0) is 16.0 Å². The topological polar surface area (TPSA) is 72.8 Å². The normalized spacial score (nSPS) is 10.2. The van der Waals surface area contributed by atoms with E-state index in [1.165, 1.54) is 14.2 Å². The first-order valence-corrected chi connectivity index (χ1v) is 6.50. The van der Waals surface area contributed by atoms with E-state index in [4.69, 9.17) is 14.6 Å². The summed E-state index contributed by atoms with van der Waals surface area (Å²) >= 11 is 0. The molecular weight excluding hydrogens is 260 g/mol. The molecule has 0 aliphatic rings. The van der Waals surface area contributed by atoms with Gasteiger partial charge in [-0.1, -0.05) is 0 Å². The van der Waals surface area contributed by atoms with E-state index >= 15 is 0 Å². The van der Waals surface area contributed by atoms with Gasteiger partial charge < -0.3 is 14.6 Å². The van der Waals surface area contributed by atoms with E-state index in [-0.39, 0.29) is 19.4 Å². The summed E-state index contributed by atoms with van der Waals surface area (Å²) in [6.45, 7) is 0.0329. The minimum Gasteiger partial charge on any atom is -0.497 e. The van der Waals surface area contributed by atoms with Crippen LogP contribution in [0.2, 0.25) is 0 Å². The minimum atomic E-state index is -0.450. The van der Waals surface area contributed by atoms with Crippen molar-refractivity contribution in [2.75, 3.05) is 20.8 Å². The van der Waals surface area contributed by atoms with Crippen molar-refractivity contribution in [3.05, 3.63) is 23.8 Å². The number of methoxy groups -OCH3 is 2. The predicted octanol–water partition coefficient (Wildman–Crippen LogP) is 1.55. The van der Waals surface area contributed by atoms with E-state index in [1.54, 1.807) is 18.2 Å². The maximum atomic E-state index is 11.9. The molecule has 5 nitrogen and oxygen atoms in total. The van der Waals surface area contributed by atoms with Crippen LogP contribution in [0.15, 0.2) is 18.2 Å². The standard InChI is InChI=1S/C15H20O5/c1-19-12-6-7-15(20-2)11(9-12)10-14(18)13(17)5-3-4-8-16/h6-7,9,16H,3-5,8,10H2,1-2H3. The lowest BCUT2D eigenvalue weighted by atomic mass is 10.0. The number of rotatable bonds is 9. The van der Waals surface area contributed by atoms with Crippen molar-refractivity contribution in [1.29, 1.82) is 0 Å². The molecule has 1 aromatic carbocycles. The Balaban J connectivity index is 2.71. The summed E-state index contributed by atoms with van der Waals surface area (Å²) in [6.07, 6.45) is 1.22. The quantitative estimate of drug-likeness (QED) is 0.549. The lowest BCUT2D eigenvalue weighted by molar-refractivity contribution is -0.136. The molecule has 1 N–H and O–H groups in total. The molecular formula is C15H20O5. The third kappa shape index (κ3) is 4.66. The Morgan fingerprint density at radius 1 is 1.10 bits per heavy atom. The van der Waals surface area contributed by atoms with Gasteiger partial charge in [0, 0.05) is 25.0 Å². The zero-order chi connectivity index (χ0) is 15.0. The number of Topliss-reactive ketones (excluding diaryl/α,β-unsaturated/α-hetero) is 2. The van der Waals surface area contributed by atoms with Crippen LogP contribution in [0.4, 0.5) is 0 Å². The number of ketones is 2. The van der Waals surface area contributed by atoms with Gasteiger partial charge in [0.2, 0.25) is 5.78 Å². The van der Waals surface area contributed by atoms with Gasteiger partial charge in [-0.15, -0.1) is 0 Å². The molecule has 20 heavy (non-hydrogen) atoms. The number of benzene rings is 1. The minimum absolute atomic E-state index is 0.00166. The Hall–Kier alpha value is -1.88. The molecule has 0 aliphatic carbocycles. The predicted molar refractivity (Wildman–Crippen MR) is 74.2 cm³/mol. The molecule has 0 saturated carbocycles. The molecule has 5 heteroatoms. The maximum absolute atomic E-state index is 11.9. The van der Waals surface area contributed by atoms with Gasteiger partial charge in [-0.05, 0) is 31.0 Å². The van der Waals surface area contributed by atoms with E-state index < -0.39 is 11.6 Å². The first-order chi connectivity index (χ1) is 9.62. The third-order valence-corrected chi connectivity index (χ3v) is 2.96. The van der Waals surface area contributed by atoms with Crippen LogP contribution < -0.4 is 9.47 Å². The van der Waals surface area contributed by atoms with Crippen LogP contribution in [-0.4, -0.2) is 37.5 Å². The van der Waals surface area contributed by atoms with Gasteiger partial charge in [0.15, 0.2) is 5.78 Å². The van der Waals surface area contributed by atoms with E-state index in [1.807, 2.05) is 0 Å². The highest BCUT2D eigenvalue weighted by Gasteiger charge is 2.16. The van der Waals surface area contributed by atoms with E-state index in [9.17, 15) is 9.59 Å². The number of carbonyl (C=O) groups excluding carboxylic acids is 2. The van der Waals surface area contributed by atoms with Crippen molar-refractivity contribution in [2.24, 2.45) is 0 Å². The second kappa shape index (κ2) is 8.32. The largest absolute Gasteiger partial charge is 0.497 e. The van der Waals surface area contributed by atoms with Gasteiger partial charge in [-0.2, -0.15) is 0 Å². The monoisotopic (exact) mass is 280 g/mol. The first kappa shape index (κ1) is 16.2. The van der Waals surface area contributed by atoms with Crippen molar-refractivity contribution in [2.45, 2.75) is 25.7 Å². The number of aliphatic hydroxyl groups is 1. The number of carbonyl (C=O) groups is 2. The lowest BCUT2D eigenvalue weighted by Gasteiger charge is -2.09. The number of hydrogen-bond acceptors (Lipinski definition) is 5. The molecule has 0 spiro atoms. The average molecular weight is 280 g/mol. The number of unbranched alkanes of at least 4 members (excludes halogenated alkanes) is 1. The molecule has 0 saturated heterocycles. The Kier molecular flexibility index (Phi) is 6.73. The van der Waals surface area contributed by atoms with E-state index in [0.717, 1.165) is 0 Å². The molecule has 0 fully saturated rings. The molecule has 0 radical (unpaired) electrons. The fourth-order valence-electron chi connectivity index (χ4n) is 1.83. The molecule has 0 atom stereocenters. The lowest BCUT2D eigenvalue weighted by Crippen LogP contribution is -2.16. The Bertz CT molecular complexity index is 467. The van der Waals surface area contributed by atoms with Crippen molar-refractivity contribution >= 4 is 11.6 Å². The summed E-state index contributed by atoms with van der Waals surface area (Å²) in [5.41, 5.74) is 0.632. The number of aliphatic hydroxyl groups excluding tert-OH is 1.